The fourth-order valence-electron chi connectivity index (χ4n) is 2.34. The molecule has 1 fully saturated rings. The fraction of sp³-hybridized carbons (Fsp3) is 0.500. The molecule has 0 aliphatic carbocycles. The van der Waals surface area contributed by atoms with E-state index in [9.17, 15) is 0 Å². The van der Waals surface area contributed by atoms with Gasteiger partial charge in [-0.15, -0.1) is 0 Å². The van der Waals surface area contributed by atoms with Crippen molar-refractivity contribution in [2.75, 3.05) is 13.1 Å². The van der Waals surface area contributed by atoms with Crippen LogP contribution in [0.3, 0.4) is 0 Å². The van der Waals surface area contributed by atoms with Crippen molar-refractivity contribution in [3.8, 4) is 0 Å². The summed E-state index contributed by atoms with van der Waals surface area (Å²) in [6.07, 6.45) is 2.32. The van der Waals surface area contributed by atoms with Gasteiger partial charge in [0.2, 0.25) is 0 Å². The lowest BCUT2D eigenvalue weighted by molar-refractivity contribution is 0.340. The molecule has 1 aliphatic rings. The maximum atomic E-state index is 6.24. The predicted octanol–water partition coefficient (Wildman–Crippen LogP) is 3.63. The average molecular weight is 244 g/mol. The van der Waals surface area contributed by atoms with E-state index in [1.54, 1.807) is 0 Å². The molecule has 0 saturated carbocycles. The first-order valence-corrected chi connectivity index (χ1v) is 6.04. The molecule has 0 radical (unpaired) electrons. The molecule has 0 bridgehead atoms. The zero-order valence-electron chi connectivity index (χ0n) is 8.82. The van der Waals surface area contributed by atoms with Gasteiger partial charge in [0.1, 0.15) is 0 Å². The SMILES string of the molecule is CC1(c2c(Cl)cccc2Cl)CCCNC1. The van der Waals surface area contributed by atoms with E-state index in [0.29, 0.717) is 0 Å². The maximum absolute atomic E-state index is 6.24. The molecule has 0 aromatic heterocycles. The number of piperidine rings is 1. The van der Waals surface area contributed by atoms with E-state index in [4.69, 9.17) is 23.2 Å². The van der Waals surface area contributed by atoms with Crippen molar-refractivity contribution in [3.63, 3.8) is 0 Å². The molecule has 0 spiro atoms. The molecule has 1 aromatic rings. The summed E-state index contributed by atoms with van der Waals surface area (Å²) < 4.78 is 0. The van der Waals surface area contributed by atoms with E-state index < -0.39 is 0 Å². The van der Waals surface area contributed by atoms with E-state index in [0.717, 1.165) is 35.1 Å². The summed E-state index contributed by atoms with van der Waals surface area (Å²) in [6.45, 7) is 4.28. The molecular weight excluding hydrogens is 229 g/mol. The summed E-state index contributed by atoms with van der Waals surface area (Å²) in [5.74, 6) is 0. The van der Waals surface area contributed by atoms with Crippen molar-refractivity contribution in [1.82, 2.24) is 5.32 Å². The highest BCUT2D eigenvalue weighted by Gasteiger charge is 2.32. The summed E-state index contributed by atoms with van der Waals surface area (Å²) in [6, 6.07) is 5.74. The van der Waals surface area contributed by atoms with Crippen molar-refractivity contribution in [1.29, 1.82) is 0 Å². The number of nitrogens with one attached hydrogen (secondary N) is 1. The Labute approximate surface area is 101 Å². The molecule has 1 saturated heterocycles. The molecule has 1 aromatic carbocycles. The second kappa shape index (κ2) is 4.32. The quantitative estimate of drug-likeness (QED) is 0.795. The van der Waals surface area contributed by atoms with Gasteiger partial charge >= 0.3 is 0 Å². The van der Waals surface area contributed by atoms with Gasteiger partial charge < -0.3 is 5.32 Å². The molecule has 1 unspecified atom stereocenters. The maximum Gasteiger partial charge on any atom is 0.0458 e. The van der Waals surface area contributed by atoms with Gasteiger partial charge in [0.15, 0.2) is 0 Å². The lowest BCUT2D eigenvalue weighted by Crippen LogP contribution is -2.41. The molecule has 1 nitrogen and oxygen atoms in total. The van der Waals surface area contributed by atoms with Crippen LogP contribution in [0.25, 0.3) is 0 Å². The zero-order valence-corrected chi connectivity index (χ0v) is 10.3. The van der Waals surface area contributed by atoms with Gasteiger partial charge in [-0.05, 0) is 37.1 Å². The van der Waals surface area contributed by atoms with E-state index in [1.807, 2.05) is 18.2 Å². The van der Waals surface area contributed by atoms with Crippen LogP contribution in [0.15, 0.2) is 18.2 Å². The molecule has 0 amide bonds. The first-order chi connectivity index (χ1) is 7.13. The first-order valence-electron chi connectivity index (χ1n) is 5.29. The minimum absolute atomic E-state index is 0.0771. The first kappa shape index (κ1) is 11.3. The summed E-state index contributed by atoms with van der Waals surface area (Å²) in [7, 11) is 0. The van der Waals surface area contributed by atoms with Crippen molar-refractivity contribution >= 4 is 23.2 Å². The molecule has 82 valence electrons. The zero-order chi connectivity index (χ0) is 10.9. The minimum Gasteiger partial charge on any atom is -0.316 e. The summed E-state index contributed by atoms with van der Waals surface area (Å²) >= 11 is 12.5. The average Bonchev–Trinajstić information content (AvgIpc) is 2.18. The standard InChI is InChI=1S/C12H15Cl2N/c1-12(6-3-7-15-8-12)11-9(13)4-2-5-10(11)14/h2,4-5,15H,3,6-8H2,1H3. The molecule has 3 heteroatoms. The van der Waals surface area contributed by atoms with E-state index in [-0.39, 0.29) is 5.41 Å². The third kappa shape index (κ3) is 2.15. The second-order valence-electron chi connectivity index (χ2n) is 4.44. The van der Waals surface area contributed by atoms with Crippen LogP contribution in [-0.4, -0.2) is 13.1 Å². The van der Waals surface area contributed by atoms with Crippen molar-refractivity contribution in [2.45, 2.75) is 25.2 Å². The molecule has 15 heavy (non-hydrogen) atoms. The predicted molar refractivity (Wildman–Crippen MR) is 65.9 cm³/mol. The van der Waals surface area contributed by atoms with Gasteiger partial charge in [0.25, 0.3) is 0 Å². The topological polar surface area (TPSA) is 12.0 Å². The van der Waals surface area contributed by atoms with Gasteiger partial charge in [-0.1, -0.05) is 36.2 Å². The van der Waals surface area contributed by atoms with Crippen molar-refractivity contribution in [2.24, 2.45) is 0 Å². The van der Waals surface area contributed by atoms with Crippen LogP contribution in [0.2, 0.25) is 10.0 Å². The number of hydrogen-bond donors (Lipinski definition) is 1. The Kier molecular flexibility index (Phi) is 3.24. The Morgan fingerprint density at radius 1 is 1.27 bits per heavy atom. The van der Waals surface area contributed by atoms with E-state index >= 15 is 0 Å². The molecule has 1 atom stereocenters. The highest BCUT2D eigenvalue weighted by Crippen LogP contribution is 2.39. The van der Waals surface area contributed by atoms with Crippen molar-refractivity contribution < 1.29 is 0 Å². The van der Waals surface area contributed by atoms with Gasteiger partial charge in [0, 0.05) is 22.0 Å². The Hall–Kier alpha value is -0.240. The highest BCUT2D eigenvalue weighted by molar-refractivity contribution is 6.36. The second-order valence-corrected chi connectivity index (χ2v) is 5.25. The van der Waals surface area contributed by atoms with E-state index in [2.05, 4.69) is 12.2 Å². The molecule has 1 aliphatic heterocycles. The normalized spacial score (nSPS) is 26.6. The smallest absolute Gasteiger partial charge is 0.0458 e. The minimum atomic E-state index is 0.0771. The van der Waals surface area contributed by atoms with Crippen LogP contribution in [0.5, 0.6) is 0 Å². The van der Waals surface area contributed by atoms with Crippen LogP contribution in [0.4, 0.5) is 0 Å². The number of halogens is 2. The van der Waals surface area contributed by atoms with Gasteiger partial charge in [0.05, 0.1) is 0 Å². The van der Waals surface area contributed by atoms with Gasteiger partial charge in [-0.25, -0.2) is 0 Å². The Balaban J connectivity index is 2.42. The van der Waals surface area contributed by atoms with Gasteiger partial charge in [-0.2, -0.15) is 0 Å². The molecule has 1 N–H and O–H groups in total. The lowest BCUT2D eigenvalue weighted by Gasteiger charge is -2.35. The van der Waals surface area contributed by atoms with Crippen LogP contribution in [0, 0.1) is 0 Å². The molecular formula is C12H15Cl2N. The van der Waals surface area contributed by atoms with E-state index in [1.165, 1.54) is 6.42 Å². The lowest BCUT2D eigenvalue weighted by atomic mass is 9.76. The number of hydrogen-bond acceptors (Lipinski definition) is 1. The summed E-state index contributed by atoms with van der Waals surface area (Å²) in [4.78, 5) is 0. The Morgan fingerprint density at radius 2 is 1.93 bits per heavy atom. The third-order valence-electron chi connectivity index (χ3n) is 3.16. The van der Waals surface area contributed by atoms with Crippen LogP contribution in [-0.2, 0) is 5.41 Å². The van der Waals surface area contributed by atoms with Gasteiger partial charge in [-0.3, -0.25) is 0 Å². The number of benzene rings is 1. The van der Waals surface area contributed by atoms with Crippen LogP contribution < -0.4 is 5.32 Å². The third-order valence-corrected chi connectivity index (χ3v) is 3.79. The highest BCUT2D eigenvalue weighted by atomic mass is 35.5. The summed E-state index contributed by atoms with van der Waals surface area (Å²) in [5.41, 5.74) is 1.17. The summed E-state index contributed by atoms with van der Waals surface area (Å²) in [5, 5.41) is 4.98. The fourth-order valence-corrected chi connectivity index (χ4v) is 3.20. The number of rotatable bonds is 1. The van der Waals surface area contributed by atoms with Crippen LogP contribution >= 0.6 is 23.2 Å². The monoisotopic (exact) mass is 243 g/mol. The Bertz CT molecular complexity index is 336. The Morgan fingerprint density at radius 3 is 2.47 bits per heavy atom. The van der Waals surface area contributed by atoms with Crippen LogP contribution in [0.1, 0.15) is 25.3 Å². The largest absolute Gasteiger partial charge is 0.316 e. The molecule has 2 rings (SSSR count). The molecule has 1 heterocycles. The van der Waals surface area contributed by atoms with Crippen molar-refractivity contribution in [3.05, 3.63) is 33.8 Å².